The Morgan fingerprint density at radius 1 is 1.03 bits per heavy atom. The number of carbonyl (C=O) groups excluding carboxylic acids is 1. The molecule has 0 spiro atoms. The van der Waals surface area contributed by atoms with Gasteiger partial charge < -0.3 is 4.90 Å². The van der Waals surface area contributed by atoms with Crippen LogP contribution in [0.5, 0.6) is 0 Å². The first-order valence-electron chi connectivity index (χ1n) is 11.2. The van der Waals surface area contributed by atoms with Crippen LogP contribution in [-0.2, 0) is 24.2 Å². The smallest absolute Gasteiger partial charge is 0.263 e. The summed E-state index contributed by atoms with van der Waals surface area (Å²) in [6.07, 6.45) is -0.932. The van der Waals surface area contributed by atoms with Gasteiger partial charge in [0.05, 0.1) is 22.1 Å². The van der Waals surface area contributed by atoms with Crippen LogP contribution in [0, 0.1) is 6.92 Å². The highest BCUT2D eigenvalue weighted by Crippen LogP contribution is 2.28. The summed E-state index contributed by atoms with van der Waals surface area (Å²) in [5, 5.41) is 5.77. The van der Waals surface area contributed by atoms with E-state index in [1.54, 1.807) is 28.2 Å². The minimum atomic E-state index is -2.51. The van der Waals surface area contributed by atoms with E-state index >= 15 is 0 Å². The normalized spacial score (nSPS) is 13.7. The molecule has 0 aliphatic carbocycles. The van der Waals surface area contributed by atoms with E-state index in [4.69, 9.17) is 5.10 Å². The van der Waals surface area contributed by atoms with Crippen LogP contribution in [0.1, 0.15) is 27.6 Å². The summed E-state index contributed by atoms with van der Waals surface area (Å²) in [6.45, 7) is 3.43. The number of rotatable bonds is 5. The second-order valence-electron chi connectivity index (χ2n) is 8.34. The zero-order valence-corrected chi connectivity index (χ0v) is 19.6. The third-order valence-electron chi connectivity index (χ3n) is 6.06. The summed E-state index contributed by atoms with van der Waals surface area (Å²) in [7, 11) is 0. The maximum Gasteiger partial charge on any atom is 0.263 e. The van der Waals surface area contributed by atoms with Crippen LogP contribution in [0.15, 0.2) is 60.7 Å². The maximum atomic E-state index is 13.3. The number of alkyl halides is 2. The average Bonchev–Trinajstić information content (AvgIpc) is 3.36. The standard InChI is InChI=1S/C26H24F2N4OS/c1-17-29-21-11-13-31(14-12-24(21)34-17)25(33)16-32-23(19-5-3-2-4-6-19)15-22(30-32)18-7-9-20(10-8-18)26(27)28/h2-10,15,26H,11-14,16H2,1H3. The van der Waals surface area contributed by atoms with Gasteiger partial charge in [-0.15, -0.1) is 11.3 Å². The molecule has 34 heavy (non-hydrogen) atoms. The van der Waals surface area contributed by atoms with E-state index in [0.29, 0.717) is 18.8 Å². The van der Waals surface area contributed by atoms with E-state index in [1.165, 1.54) is 17.0 Å². The Bertz CT molecular complexity index is 1270. The van der Waals surface area contributed by atoms with Crippen molar-refractivity contribution in [2.45, 2.75) is 32.7 Å². The van der Waals surface area contributed by atoms with Gasteiger partial charge in [0, 0.05) is 41.9 Å². The Hall–Kier alpha value is -3.39. The number of aryl methyl sites for hydroxylation is 1. The first kappa shape index (κ1) is 22.4. The van der Waals surface area contributed by atoms with E-state index in [0.717, 1.165) is 40.4 Å². The van der Waals surface area contributed by atoms with Crippen LogP contribution in [0.25, 0.3) is 22.5 Å². The highest BCUT2D eigenvalue weighted by atomic mass is 32.1. The lowest BCUT2D eigenvalue weighted by Crippen LogP contribution is -2.36. The summed E-state index contributed by atoms with van der Waals surface area (Å²) in [6, 6.07) is 17.8. The van der Waals surface area contributed by atoms with Gasteiger partial charge in [-0.05, 0) is 18.6 Å². The van der Waals surface area contributed by atoms with Crippen molar-refractivity contribution in [2.75, 3.05) is 13.1 Å². The van der Waals surface area contributed by atoms with Crippen LogP contribution >= 0.6 is 11.3 Å². The molecule has 1 aliphatic rings. The van der Waals surface area contributed by atoms with Crippen molar-refractivity contribution < 1.29 is 13.6 Å². The molecule has 0 saturated heterocycles. The molecule has 174 valence electrons. The van der Waals surface area contributed by atoms with Gasteiger partial charge in [0.2, 0.25) is 5.91 Å². The van der Waals surface area contributed by atoms with Crippen LogP contribution in [0.4, 0.5) is 8.78 Å². The molecule has 1 aliphatic heterocycles. The van der Waals surface area contributed by atoms with Crippen molar-refractivity contribution in [2.24, 2.45) is 0 Å². The van der Waals surface area contributed by atoms with Gasteiger partial charge in [0.1, 0.15) is 6.54 Å². The van der Waals surface area contributed by atoms with Gasteiger partial charge in [-0.3, -0.25) is 9.48 Å². The quantitative estimate of drug-likeness (QED) is 0.378. The summed E-state index contributed by atoms with van der Waals surface area (Å²) in [5.74, 6) is 0.00625. The molecule has 5 rings (SSSR count). The maximum absolute atomic E-state index is 13.3. The molecule has 0 radical (unpaired) electrons. The lowest BCUT2D eigenvalue weighted by Gasteiger charge is -2.20. The number of fused-ring (bicyclic) bond motifs is 1. The SMILES string of the molecule is Cc1nc2c(s1)CCN(C(=O)Cn1nc(-c3ccc(C(F)F)cc3)cc1-c1ccccc1)CC2. The molecule has 0 unspecified atom stereocenters. The number of hydrogen-bond acceptors (Lipinski definition) is 4. The molecule has 0 fully saturated rings. The largest absolute Gasteiger partial charge is 0.340 e. The summed E-state index contributed by atoms with van der Waals surface area (Å²) in [5.41, 5.74) is 4.21. The Labute approximate surface area is 200 Å². The summed E-state index contributed by atoms with van der Waals surface area (Å²) in [4.78, 5) is 21.0. The molecule has 4 aromatic rings. The number of hydrogen-bond donors (Lipinski definition) is 0. The van der Waals surface area contributed by atoms with Crippen LogP contribution in [-0.4, -0.2) is 38.7 Å². The zero-order chi connectivity index (χ0) is 23.7. The molecule has 5 nitrogen and oxygen atoms in total. The molecule has 8 heteroatoms. The fourth-order valence-electron chi connectivity index (χ4n) is 4.29. The Kier molecular flexibility index (Phi) is 6.24. The number of halogens is 2. The fourth-order valence-corrected chi connectivity index (χ4v) is 5.26. The monoisotopic (exact) mass is 478 g/mol. The lowest BCUT2D eigenvalue weighted by molar-refractivity contribution is -0.131. The van der Waals surface area contributed by atoms with Gasteiger partial charge in [-0.1, -0.05) is 54.6 Å². The number of carbonyl (C=O) groups is 1. The van der Waals surface area contributed by atoms with Gasteiger partial charge in [0.15, 0.2) is 0 Å². The van der Waals surface area contributed by atoms with Gasteiger partial charge in [-0.25, -0.2) is 13.8 Å². The van der Waals surface area contributed by atoms with E-state index < -0.39 is 6.43 Å². The first-order chi connectivity index (χ1) is 16.5. The van der Waals surface area contributed by atoms with Crippen LogP contribution in [0.3, 0.4) is 0 Å². The summed E-state index contributed by atoms with van der Waals surface area (Å²) < 4.78 is 27.6. The van der Waals surface area contributed by atoms with Gasteiger partial charge >= 0.3 is 0 Å². The zero-order valence-electron chi connectivity index (χ0n) is 18.7. The van der Waals surface area contributed by atoms with Crippen molar-refractivity contribution in [1.29, 1.82) is 0 Å². The molecule has 1 amide bonds. The minimum absolute atomic E-state index is 0.00625. The van der Waals surface area contributed by atoms with Crippen molar-refractivity contribution in [3.05, 3.63) is 81.8 Å². The van der Waals surface area contributed by atoms with Gasteiger partial charge in [0.25, 0.3) is 6.43 Å². The van der Waals surface area contributed by atoms with Gasteiger partial charge in [-0.2, -0.15) is 5.10 Å². The van der Waals surface area contributed by atoms with E-state index in [1.807, 2.05) is 48.2 Å². The Morgan fingerprint density at radius 3 is 2.50 bits per heavy atom. The minimum Gasteiger partial charge on any atom is -0.340 e. The molecule has 3 heterocycles. The van der Waals surface area contributed by atoms with Crippen molar-refractivity contribution in [3.8, 4) is 22.5 Å². The third kappa shape index (κ3) is 4.63. The molecule has 0 atom stereocenters. The Morgan fingerprint density at radius 2 is 1.76 bits per heavy atom. The van der Waals surface area contributed by atoms with Crippen molar-refractivity contribution >= 4 is 17.2 Å². The summed E-state index contributed by atoms with van der Waals surface area (Å²) >= 11 is 1.71. The molecule has 0 bridgehead atoms. The predicted molar refractivity (Wildman–Crippen MR) is 129 cm³/mol. The first-order valence-corrected chi connectivity index (χ1v) is 12.0. The van der Waals surface area contributed by atoms with Crippen LogP contribution < -0.4 is 0 Å². The highest BCUT2D eigenvalue weighted by Gasteiger charge is 2.23. The Balaban J connectivity index is 1.40. The highest BCUT2D eigenvalue weighted by molar-refractivity contribution is 7.11. The molecule has 0 saturated carbocycles. The number of amides is 1. The van der Waals surface area contributed by atoms with Crippen molar-refractivity contribution in [3.63, 3.8) is 0 Å². The second kappa shape index (κ2) is 9.46. The average molecular weight is 479 g/mol. The lowest BCUT2D eigenvalue weighted by atomic mass is 10.1. The predicted octanol–water partition coefficient (Wildman–Crippen LogP) is 5.55. The molecular weight excluding hydrogens is 454 g/mol. The molecule has 2 aromatic heterocycles. The van der Waals surface area contributed by atoms with Crippen molar-refractivity contribution in [1.82, 2.24) is 19.7 Å². The van der Waals surface area contributed by atoms with E-state index in [-0.39, 0.29) is 18.0 Å². The second-order valence-corrected chi connectivity index (χ2v) is 9.63. The number of nitrogens with zero attached hydrogens (tertiary/aromatic N) is 4. The number of aromatic nitrogens is 3. The number of benzene rings is 2. The molecule has 0 N–H and O–H groups in total. The third-order valence-corrected chi connectivity index (χ3v) is 7.13. The molecular formula is C26H24F2N4OS. The van der Waals surface area contributed by atoms with E-state index in [9.17, 15) is 13.6 Å². The topological polar surface area (TPSA) is 51.0 Å². The van der Waals surface area contributed by atoms with Crippen LogP contribution in [0.2, 0.25) is 0 Å². The van der Waals surface area contributed by atoms with E-state index in [2.05, 4.69) is 4.98 Å². The molecule has 2 aromatic carbocycles. The number of thiazole rings is 1. The fraction of sp³-hybridized carbons (Fsp3) is 0.269.